The van der Waals surface area contributed by atoms with Gasteiger partial charge >= 0.3 is 0 Å². The van der Waals surface area contributed by atoms with Gasteiger partial charge < -0.3 is 5.32 Å². The van der Waals surface area contributed by atoms with E-state index >= 15 is 0 Å². The third kappa shape index (κ3) is 4.51. The summed E-state index contributed by atoms with van der Waals surface area (Å²) in [5.74, 6) is 0.289. The number of nitrogens with one attached hydrogen (secondary N) is 1. The molecular formula is C11H15F2NS. The Kier molecular flexibility index (Phi) is 5.47. The fraction of sp³-hybridized carbons (Fsp3) is 0.455. The minimum atomic E-state index is -0.414. The summed E-state index contributed by atoms with van der Waals surface area (Å²) in [6.45, 7) is 0.681. The van der Waals surface area contributed by atoms with E-state index in [-0.39, 0.29) is 5.69 Å². The van der Waals surface area contributed by atoms with Gasteiger partial charge in [0.15, 0.2) is 0 Å². The fourth-order valence-corrected chi connectivity index (χ4v) is 1.72. The standard InChI is InChI=1S/C11H15F2NS/c1-15-7-3-2-6-14-11-8-9(12)4-5-10(11)13/h4-5,8,14H,2-3,6-7H2,1H3. The minimum Gasteiger partial charge on any atom is -0.383 e. The molecule has 0 fully saturated rings. The molecule has 0 aliphatic heterocycles. The molecule has 1 N–H and O–H groups in total. The lowest BCUT2D eigenvalue weighted by atomic mass is 10.2. The molecule has 0 aliphatic rings. The number of thioether (sulfide) groups is 1. The van der Waals surface area contributed by atoms with E-state index in [2.05, 4.69) is 11.6 Å². The van der Waals surface area contributed by atoms with Crippen molar-refractivity contribution in [1.29, 1.82) is 0 Å². The molecule has 0 aromatic heterocycles. The Labute approximate surface area is 93.3 Å². The first kappa shape index (κ1) is 12.3. The van der Waals surface area contributed by atoms with Crippen molar-refractivity contribution in [2.75, 3.05) is 23.9 Å². The number of anilines is 1. The van der Waals surface area contributed by atoms with Gasteiger partial charge in [0.25, 0.3) is 0 Å². The SMILES string of the molecule is CSCCCCNc1cc(F)ccc1F. The van der Waals surface area contributed by atoms with Crippen LogP contribution in [0.5, 0.6) is 0 Å². The zero-order valence-electron chi connectivity index (χ0n) is 8.72. The summed E-state index contributed by atoms with van der Waals surface area (Å²) in [5, 5.41) is 2.89. The molecule has 84 valence electrons. The second-order valence-electron chi connectivity index (χ2n) is 3.25. The van der Waals surface area contributed by atoms with Crippen LogP contribution in [-0.4, -0.2) is 18.6 Å². The predicted molar refractivity (Wildman–Crippen MR) is 62.5 cm³/mol. The van der Waals surface area contributed by atoms with E-state index in [1.54, 1.807) is 11.8 Å². The number of rotatable bonds is 6. The summed E-state index contributed by atoms with van der Waals surface area (Å²) in [6, 6.07) is 3.44. The molecule has 1 aromatic carbocycles. The number of benzene rings is 1. The molecule has 1 nitrogen and oxygen atoms in total. The van der Waals surface area contributed by atoms with E-state index in [4.69, 9.17) is 0 Å². The van der Waals surface area contributed by atoms with Crippen LogP contribution in [0.2, 0.25) is 0 Å². The Hall–Kier alpha value is -0.770. The van der Waals surface area contributed by atoms with E-state index < -0.39 is 11.6 Å². The Morgan fingerprint density at radius 2 is 2.07 bits per heavy atom. The van der Waals surface area contributed by atoms with Crippen molar-refractivity contribution < 1.29 is 8.78 Å². The molecule has 1 aromatic rings. The van der Waals surface area contributed by atoms with Crippen molar-refractivity contribution in [3.8, 4) is 0 Å². The highest BCUT2D eigenvalue weighted by Crippen LogP contribution is 2.15. The Morgan fingerprint density at radius 1 is 1.27 bits per heavy atom. The predicted octanol–water partition coefficient (Wildman–Crippen LogP) is 3.52. The molecule has 0 saturated carbocycles. The second-order valence-corrected chi connectivity index (χ2v) is 4.24. The van der Waals surface area contributed by atoms with Gasteiger partial charge in [-0.05, 0) is 43.0 Å². The summed E-state index contributed by atoms with van der Waals surface area (Å²) < 4.78 is 25.9. The van der Waals surface area contributed by atoms with Crippen molar-refractivity contribution in [3.63, 3.8) is 0 Å². The number of unbranched alkanes of at least 4 members (excludes halogenated alkanes) is 1. The lowest BCUT2D eigenvalue weighted by molar-refractivity contribution is 0.602. The van der Waals surface area contributed by atoms with E-state index in [0.29, 0.717) is 6.54 Å². The number of hydrogen-bond donors (Lipinski definition) is 1. The van der Waals surface area contributed by atoms with Crippen molar-refractivity contribution in [2.24, 2.45) is 0 Å². The van der Waals surface area contributed by atoms with Gasteiger partial charge in [-0.15, -0.1) is 0 Å². The quantitative estimate of drug-likeness (QED) is 0.752. The van der Waals surface area contributed by atoms with Crippen LogP contribution in [0.25, 0.3) is 0 Å². The minimum absolute atomic E-state index is 0.249. The van der Waals surface area contributed by atoms with Gasteiger partial charge in [0.2, 0.25) is 0 Å². The van der Waals surface area contributed by atoms with Crippen LogP contribution in [0, 0.1) is 11.6 Å². The summed E-state index contributed by atoms with van der Waals surface area (Å²) >= 11 is 1.79. The highest BCUT2D eigenvalue weighted by Gasteiger charge is 2.02. The Morgan fingerprint density at radius 3 is 2.80 bits per heavy atom. The molecule has 0 aliphatic carbocycles. The smallest absolute Gasteiger partial charge is 0.146 e. The molecule has 0 amide bonds. The van der Waals surface area contributed by atoms with Crippen molar-refractivity contribution in [1.82, 2.24) is 0 Å². The highest BCUT2D eigenvalue weighted by atomic mass is 32.2. The lowest BCUT2D eigenvalue weighted by Gasteiger charge is -2.06. The topological polar surface area (TPSA) is 12.0 Å². The van der Waals surface area contributed by atoms with Gasteiger partial charge in [-0.3, -0.25) is 0 Å². The fourth-order valence-electron chi connectivity index (χ4n) is 1.23. The van der Waals surface area contributed by atoms with Crippen LogP contribution >= 0.6 is 11.8 Å². The summed E-state index contributed by atoms with van der Waals surface area (Å²) in [6.07, 6.45) is 4.11. The van der Waals surface area contributed by atoms with E-state index in [9.17, 15) is 8.78 Å². The Bertz CT molecular complexity index is 305. The van der Waals surface area contributed by atoms with Crippen LogP contribution in [0.15, 0.2) is 18.2 Å². The first-order chi connectivity index (χ1) is 7.24. The van der Waals surface area contributed by atoms with Crippen molar-refractivity contribution in [3.05, 3.63) is 29.8 Å². The molecule has 0 unspecified atom stereocenters. The monoisotopic (exact) mass is 231 g/mol. The summed E-state index contributed by atoms with van der Waals surface area (Å²) in [4.78, 5) is 0. The average molecular weight is 231 g/mol. The maximum absolute atomic E-state index is 13.1. The van der Waals surface area contributed by atoms with Crippen LogP contribution < -0.4 is 5.32 Å². The van der Waals surface area contributed by atoms with E-state index in [1.807, 2.05) is 0 Å². The molecule has 0 radical (unpaired) electrons. The van der Waals surface area contributed by atoms with Crippen LogP contribution in [-0.2, 0) is 0 Å². The van der Waals surface area contributed by atoms with Crippen LogP contribution in [0.1, 0.15) is 12.8 Å². The number of hydrogen-bond acceptors (Lipinski definition) is 2. The third-order valence-electron chi connectivity index (χ3n) is 2.02. The van der Waals surface area contributed by atoms with Gasteiger partial charge in [0, 0.05) is 6.54 Å². The van der Waals surface area contributed by atoms with Crippen molar-refractivity contribution >= 4 is 17.4 Å². The van der Waals surface area contributed by atoms with Crippen LogP contribution in [0.4, 0.5) is 14.5 Å². The van der Waals surface area contributed by atoms with Crippen molar-refractivity contribution in [2.45, 2.75) is 12.8 Å². The second kappa shape index (κ2) is 6.67. The molecule has 0 spiro atoms. The van der Waals surface area contributed by atoms with Crippen LogP contribution in [0.3, 0.4) is 0 Å². The molecule has 1 rings (SSSR count). The molecule has 4 heteroatoms. The molecule has 0 saturated heterocycles. The van der Waals surface area contributed by atoms with Gasteiger partial charge in [-0.25, -0.2) is 8.78 Å². The first-order valence-electron chi connectivity index (χ1n) is 4.92. The molecule has 0 atom stereocenters. The molecule has 15 heavy (non-hydrogen) atoms. The van der Waals surface area contributed by atoms with Gasteiger partial charge in [-0.2, -0.15) is 11.8 Å². The highest BCUT2D eigenvalue weighted by molar-refractivity contribution is 7.98. The van der Waals surface area contributed by atoms with E-state index in [1.165, 1.54) is 6.07 Å². The average Bonchev–Trinajstić information content (AvgIpc) is 2.23. The maximum Gasteiger partial charge on any atom is 0.146 e. The first-order valence-corrected chi connectivity index (χ1v) is 6.31. The maximum atomic E-state index is 13.1. The molecular weight excluding hydrogens is 216 g/mol. The zero-order valence-corrected chi connectivity index (χ0v) is 9.54. The summed E-state index contributed by atoms with van der Waals surface area (Å²) in [5.41, 5.74) is 0.249. The lowest BCUT2D eigenvalue weighted by Crippen LogP contribution is -2.04. The third-order valence-corrected chi connectivity index (χ3v) is 2.72. The Balaban J connectivity index is 2.33. The van der Waals surface area contributed by atoms with Gasteiger partial charge in [0.1, 0.15) is 11.6 Å². The molecule has 0 bridgehead atoms. The van der Waals surface area contributed by atoms with E-state index in [0.717, 1.165) is 30.7 Å². The zero-order chi connectivity index (χ0) is 11.1. The number of halogens is 2. The van der Waals surface area contributed by atoms with Gasteiger partial charge in [-0.1, -0.05) is 0 Å². The summed E-state index contributed by atoms with van der Waals surface area (Å²) in [7, 11) is 0. The largest absolute Gasteiger partial charge is 0.383 e. The van der Waals surface area contributed by atoms with Gasteiger partial charge in [0.05, 0.1) is 5.69 Å². The normalized spacial score (nSPS) is 10.3. The molecule has 0 heterocycles.